The summed E-state index contributed by atoms with van der Waals surface area (Å²) in [6, 6.07) is 47.2. The van der Waals surface area contributed by atoms with Crippen LogP contribution in [-0.2, 0) is 133 Å². The average molecular weight is 1720 g/mol. The van der Waals surface area contributed by atoms with Gasteiger partial charge in [-0.1, -0.05) is 135 Å². The zero-order chi connectivity index (χ0) is 79.0. The monoisotopic (exact) mass is 1720 g/mol. The number of aryl methyl sites for hydroxylation is 4. The molecule has 0 aromatic heterocycles. The number of benzene rings is 4. The molecule has 608 valence electrons. The van der Waals surface area contributed by atoms with E-state index in [1.54, 1.807) is 4.13 Å². The van der Waals surface area contributed by atoms with Crippen molar-refractivity contribution in [2.24, 2.45) is 0 Å². The largest absolute Gasteiger partial charge is 0.480 e. The minimum atomic E-state index is -6.07. The molecule has 26 nitrogen and oxygen atoms in total. The van der Waals surface area contributed by atoms with Crippen molar-refractivity contribution >= 4 is 114 Å². The van der Waals surface area contributed by atoms with Crippen LogP contribution in [0.15, 0.2) is 121 Å². The molecule has 0 atom stereocenters. The van der Waals surface area contributed by atoms with Crippen LogP contribution in [0.5, 0.6) is 0 Å². The van der Waals surface area contributed by atoms with Gasteiger partial charge in [-0.2, -0.15) is 26.3 Å². The summed E-state index contributed by atoms with van der Waals surface area (Å²) in [5, 5.41) is 0. The van der Waals surface area contributed by atoms with E-state index in [2.05, 4.69) is 190 Å². The summed E-state index contributed by atoms with van der Waals surface area (Å²) < 4.78 is 273. The van der Waals surface area contributed by atoms with E-state index in [-0.39, 0.29) is 41.9 Å². The molecule has 0 heterocycles. The fraction of sp³-hybridized carbons (Fsp3) is 0.533. The van der Waals surface area contributed by atoms with Gasteiger partial charge in [-0.25, -0.2) is 67.3 Å². The fourth-order valence-corrected chi connectivity index (χ4v) is 18.2. The number of halogens is 6. The molecule has 104 heavy (non-hydrogen) atoms. The first-order valence-corrected chi connectivity index (χ1v) is 54.6. The summed E-state index contributed by atoms with van der Waals surface area (Å²) in [6.07, 6.45) is 5.96. The standard InChI is InChI=1S/4C11H18OSi.C4H7F3NO4S2.C3H5F3NO5S2.C3H8NO4S2.C2H6NO5S2.4CH3/c4*1-12-13(2,3)10-9-11-7-5-4-6-8-11;1-2-3-13(9,10)8-14(11,12)4(5,6)7;1-2-12-14(10,11)7-13(8,9)3(4,5)6;1-3-10(7,8)4-9(2,5)6;1-8-10(6,7)3-9(2,4)5;;;;/h4*4-8H,9-10H2,1-3H3;2-3H2,1H3;2H2,1H3;3H2,1-2H3;1-2H3;4*1H3/q;;;;4*-1;4*+1. The summed E-state index contributed by atoms with van der Waals surface area (Å²) in [6.45, 7) is 21.4. The Balaban J connectivity index is -0.000000168. The van der Waals surface area contributed by atoms with Crippen molar-refractivity contribution in [2.45, 2.75) is 140 Å². The topological polar surface area (TPSA) is 385 Å². The van der Waals surface area contributed by atoms with Crippen LogP contribution in [0, 0.1) is 29.7 Å². The lowest BCUT2D eigenvalue weighted by Gasteiger charge is -2.21. The Morgan fingerprint density at radius 1 is 0.356 bits per heavy atom. The number of alkyl halides is 6. The van der Waals surface area contributed by atoms with Crippen LogP contribution >= 0.6 is 0 Å². The second kappa shape index (κ2) is 53.0. The molecule has 0 N–H and O–H groups in total. The lowest BCUT2D eigenvalue weighted by molar-refractivity contribution is -0.0431. The minimum Gasteiger partial charge on any atom is -0.436 e. The molecule has 4 rings (SSSR count). The van der Waals surface area contributed by atoms with Crippen LogP contribution in [0.25, 0.3) is 16.5 Å². The van der Waals surface area contributed by atoms with Gasteiger partial charge in [0.15, 0.2) is 53.3 Å². The highest BCUT2D eigenvalue weighted by atomic mass is 32.3. The molecule has 44 heteroatoms. The summed E-state index contributed by atoms with van der Waals surface area (Å²) in [4.78, 5) is 0. The van der Waals surface area contributed by atoms with E-state index < -0.39 is 137 Å². The zero-order valence-electron chi connectivity index (χ0n) is 63.3. The van der Waals surface area contributed by atoms with E-state index in [0.717, 1.165) is 46.0 Å². The van der Waals surface area contributed by atoms with Crippen LogP contribution in [0.1, 0.15) is 49.4 Å². The predicted molar refractivity (Wildman–Crippen MR) is 417 cm³/mol. The molecule has 0 aliphatic carbocycles. The highest BCUT2D eigenvalue weighted by Gasteiger charge is 2.41. The van der Waals surface area contributed by atoms with E-state index in [0.29, 0.717) is 6.26 Å². The van der Waals surface area contributed by atoms with Gasteiger partial charge in [0.25, 0.3) is 0 Å². The van der Waals surface area contributed by atoms with E-state index in [1.165, 1.54) is 60.3 Å². The second-order valence-corrected chi connectivity index (χ2v) is 54.4. The van der Waals surface area contributed by atoms with Crippen LogP contribution in [0.3, 0.4) is 0 Å². The number of rotatable bonds is 30. The Morgan fingerprint density at radius 2 is 0.596 bits per heavy atom. The lowest BCUT2D eigenvalue weighted by atomic mass is 10.2. The van der Waals surface area contributed by atoms with Gasteiger partial charge in [0, 0.05) is 82.2 Å². The van der Waals surface area contributed by atoms with Crippen molar-refractivity contribution < 1.29 is 120 Å². The average Bonchev–Trinajstić information content (AvgIpc) is 0.820. The van der Waals surface area contributed by atoms with Gasteiger partial charge >= 0.3 is 11.0 Å². The SMILES string of the molecule is CCCS(=O)(=O)[N-]S(=O)(=O)C(F)(F)F.CCOS(=O)(=O)[N-]S(=O)(=O)C(F)(F)F.CCS(=O)(=O)[N-]S(C)(=O)=O.COS(=O)(=O)[N-]S(C)(=O)=O.CO[Si](C)(C)CCc1ccccc1.CO[Si](C)(C)CCc1ccccc1.CO[Si](C)(C)CCc1ccccc1.CO[Si](C)(C)CCc1ccccc1.[CH3+].[CH3+].[CH3+].[CH3+]. The number of nitrogens with zero attached hydrogens (tertiary/aromatic N) is 4. The first-order valence-electron chi connectivity index (χ1n) is 29.6. The Labute approximate surface area is 625 Å². The quantitative estimate of drug-likeness (QED) is 0.0266. The third kappa shape index (κ3) is 64.0. The molecule has 0 aliphatic heterocycles. The molecule has 0 spiro atoms. The van der Waals surface area contributed by atoms with Crippen molar-refractivity contribution in [3.63, 3.8) is 0 Å². The van der Waals surface area contributed by atoms with Crippen molar-refractivity contribution in [3.8, 4) is 0 Å². The Morgan fingerprint density at radius 3 is 0.760 bits per heavy atom. The van der Waals surface area contributed by atoms with E-state index >= 15 is 0 Å². The van der Waals surface area contributed by atoms with Gasteiger partial charge in [0.2, 0.25) is 20.6 Å². The van der Waals surface area contributed by atoms with E-state index in [9.17, 15) is 93.7 Å². The Bertz CT molecular complexity index is 3510. The van der Waals surface area contributed by atoms with Crippen molar-refractivity contribution in [2.75, 3.05) is 66.2 Å². The predicted octanol–water partition coefficient (Wildman–Crippen LogP) is 14.4. The molecular weight excluding hydrogens is 1610 g/mol. The minimum absolute atomic E-state index is 0. The lowest BCUT2D eigenvalue weighted by Crippen LogP contribution is -2.28. The maximum atomic E-state index is 11.7. The molecule has 0 bridgehead atoms. The molecule has 4 aromatic rings. The van der Waals surface area contributed by atoms with Gasteiger partial charge in [0.05, 0.1) is 53.8 Å². The van der Waals surface area contributed by atoms with Crippen molar-refractivity contribution in [1.29, 1.82) is 0 Å². The number of hydrogen-bond donors (Lipinski definition) is 0. The smallest absolute Gasteiger partial charge is 0.436 e. The zero-order valence-corrected chi connectivity index (χ0v) is 73.9. The highest BCUT2D eigenvalue weighted by molar-refractivity contribution is 8.13. The third-order valence-corrected chi connectivity index (χ3v) is 33.4. The Kier molecular flexibility index (Phi) is 59.0. The summed E-state index contributed by atoms with van der Waals surface area (Å²) in [7, 11) is -34.5. The molecule has 0 saturated heterocycles. The summed E-state index contributed by atoms with van der Waals surface area (Å²) in [5.74, 6) is -1.03. The van der Waals surface area contributed by atoms with Crippen LogP contribution in [0.2, 0.25) is 76.6 Å². The maximum Gasteiger partial charge on any atom is 0.480 e. The summed E-state index contributed by atoms with van der Waals surface area (Å²) in [5.41, 5.74) is -5.76. The maximum absolute atomic E-state index is 11.7. The molecule has 0 amide bonds. The molecule has 0 aliphatic rings. The first-order chi connectivity index (χ1) is 45.1. The van der Waals surface area contributed by atoms with Crippen molar-refractivity contribution in [1.82, 2.24) is 0 Å². The van der Waals surface area contributed by atoms with Gasteiger partial charge in [0.1, 0.15) is 0 Å². The molecule has 0 saturated carbocycles. The van der Waals surface area contributed by atoms with Gasteiger partial charge in [-0.3, -0.25) is 8.37 Å². The molecule has 0 fully saturated rings. The van der Waals surface area contributed by atoms with E-state index in [4.69, 9.17) is 17.7 Å². The summed E-state index contributed by atoms with van der Waals surface area (Å²) >= 11 is 0. The highest BCUT2D eigenvalue weighted by Crippen LogP contribution is 2.31. The molecule has 0 radical (unpaired) electrons. The van der Waals surface area contributed by atoms with Crippen LogP contribution < -0.4 is 0 Å². The van der Waals surface area contributed by atoms with Crippen LogP contribution in [0.4, 0.5) is 26.3 Å². The van der Waals surface area contributed by atoms with Crippen molar-refractivity contribution in [3.05, 3.63) is 190 Å². The third-order valence-electron chi connectivity index (χ3n) is 12.4. The second-order valence-electron chi connectivity index (χ2n) is 23.0. The Hall–Kier alpha value is -3.99. The van der Waals surface area contributed by atoms with Gasteiger partial charge in [-0.15, -0.1) is 0 Å². The van der Waals surface area contributed by atoms with Crippen LogP contribution in [-0.4, -0.2) is 178 Å². The fourth-order valence-electron chi connectivity index (χ4n) is 6.04. The molecule has 0 unspecified atom stereocenters. The van der Waals surface area contributed by atoms with Gasteiger partial charge in [-0.05, 0) is 138 Å². The normalized spacial score (nSPS) is 12.2. The first kappa shape index (κ1) is 116. The number of hydrogen-bond acceptors (Lipinski definition) is 22. The van der Waals surface area contributed by atoms with E-state index in [1.807, 2.05) is 32.6 Å². The molecule has 4 aromatic carbocycles. The molecular formula is C60H110F6N4O22S8Si4. The van der Waals surface area contributed by atoms with Gasteiger partial charge < -0.3 is 34.2 Å². The number of sulfonamides is 6.